The van der Waals surface area contributed by atoms with Crippen molar-refractivity contribution in [1.29, 1.82) is 0 Å². The molecule has 1 aromatic rings. The molecule has 0 radical (unpaired) electrons. The maximum Gasteiger partial charge on any atom is 0.0736 e. The minimum Gasteiger partial charge on any atom is -0.333 e. The molecule has 0 aromatic heterocycles. The number of rotatable bonds is 14. The number of allylic oxidation sites excluding steroid dienone is 9. The molecule has 232 valence electrons. The molecule has 0 spiro atoms. The molecular formula is C39H61N3. The maximum atomic E-state index is 4.85. The lowest BCUT2D eigenvalue weighted by Gasteiger charge is -2.29. The molecular weight excluding hydrogens is 510 g/mol. The molecule has 42 heavy (non-hydrogen) atoms. The standard InChI is InChI=1S/C29H36N2.C9H20.CH5N/c1-9-12-15-25-18-19-31(23(7)20-25)28(11-3)24(8)26-16-13-14-17-27(26)29(22(6)10-2)30-21(4)5;1-3-5-7-9-8-6-4-2;1-2/h10,12-20H,2,7,9,11H2,1,3-6,8H3;3-9H2,1-2H3;2H2,1H3/b15-12?,28-24+,29-22-;;. The van der Waals surface area contributed by atoms with Crippen LogP contribution < -0.4 is 5.73 Å². The molecule has 1 aromatic carbocycles. The molecule has 1 aliphatic heterocycles. The normalized spacial score (nSPS) is 13.7. The van der Waals surface area contributed by atoms with Crippen LogP contribution in [0.5, 0.6) is 0 Å². The van der Waals surface area contributed by atoms with Crippen LogP contribution in [0.15, 0.2) is 102 Å². The third kappa shape index (κ3) is 13.7. The van der Waals surface area contributed by atoms with Crippen LogP contribution in [-0.2, 0) is 0 Å². The monoisotopic (exact) mass is 571 g/mol. The summed E-state index contributed by atoms with van der Waals surface area (Å²) in [6.07, 6.45) is 24.5. The minimum atomic E-state index is 0.896. The van der Waals surface area contributed by atoms with Gasteiger partial charge in [-0.1, -0.05) is 128 Å². The first-order valence-corrected chi connectivity index (χ1v) is 16.0. The zero-order valence-corrected chi connectivity index (χ0v) is 28.5. The van der Waals surface area contributed by atoms with Gasteiger partial charge in [0, 0.05) is 28.9 Å². The fourth-order valence-corrected chi connectivity index (χ4v) is 4.69. The van der Waals surface area contributed by atoms with Gasteiger partial charge in [-0.15, -0.1) is 0 Å². The van der Waals surface area contributed by atoms with Crippen molar-refractivity contribution < 1.29 is 0 Å². The summed E-state index contributed by atoms with van der Waals surface area (Å²) in [7, 11) is 1.50. The van der Waals surface area contributed by atoms with Crippen LogP contribution in [0.2, 0.25) is 0 Å². The second kappa shape index (κ2) is 23.4. The second-order valence-electron chi connectivity index (χ2n) is 10.7. The van der Waals surface area contributed by atoms with Crippen molar-refractivity contribution in [2.45, 2.75) is 113 Å². The van der Waals surface area contributed by atoms with Crippen molar-refractivity contribution in [3.8, 4) is 0 Å². The Bertz CT molecular complexity index is 1130. The van der Waals surface area contributed by atoms with E-state index in [0.29, 0.717) is 0 Å². The highest BCUT2D eigenvalue weighted by Gasteiger charge is 2.18. The van der Waals surface area contributed by atoms with E-state index < -0.39 is 0 Å². The summed E-state index contributed by atoms with van der Waals surface area (Å²) >= 11 is 0. The van der Waals surface area contributed by atoms with Gasteiger partial charge in [-0.25, -0.2) is 0 Å². The van der Waals surface area contributed by atoms with Crippen molar-refractivity contribution in [1.82, 2.24) is 4.90 Å². The summed E-state index contributed by atoms with van der Waals surface area (Å²) in [4.78, 5) is 7.05. The Labute approximate surface area is 260 Å². The molecule has 2 rings (SSSR count). The highest BCUT2D eigenvalue weighted by atomic mass is 15.1. The highest BCUT2D eigenvalue weighted by Crippen LogP contribution is 2.34. The zero-order chi connectivity index (χ0) is 31.9. The predicted molar refractivity (Wildman–Crippen MR) is 192 cm³/mol. The number of nitrogens with zero attached hydrogens (tertiary/aromatic N) is 2. The van der Waals surface area contributed by atoms with Gasteiger partial charge in [0.05, 0.1) is 5.70 Å². The third-order valence-corrected chi connectivity index (χ3v) is 6.97. The smallest absolute Gasteiger partial charge is 0.0736 e. The Balaban J connectivity index is 0.00000130. The molecule has 3 nitrogen and oxygen atoms in total. The molecule has 0 aliphatic carbocycles. The molecule has 0 unspecified atom stereocenters. The fraction of sp³-hybridized carbons (Fsp3) is 0.462. The largest absolute Gasteiger partial charge is 0.333 e. The van der Waals surface area contributed by atoms with E-state index in [2.05, 4.69) is 120 Å². The number of benzene rings is 1. The number of aliphatic imine (C=N–C) groups is 1. The van der Waals surface area contributed by atoms with Crippen LogP contribution in [0.25, 0.3) is 11.3 Å². The van der Waals surface area contributed by atoms with Gasteiger partial charge in [0.1, 0.15) is 0 Å². The van der Waals surface area contributed by atoms with E-state index in [0.717, 1.165) is 41.1 Å². The second-order valence-corrected chi connectivity index (χ2v) is 10.7. The van der Waals surface area contributed by atoms with Gasteiger partial charge < -0.3 is 10.6 Å². The lowest BCUT2D eigenvalue weighted by Crippen LogP contribution is -2.18. The molecule has 1 heterocycles. The summed E-state index contributed by atoms with van der Waals surface area (Å²) in [6.45, 7) is 25.5. The first kappa shape index (κ1) is 38.8. The first-order chi connectivity index (χ1) is 20.2. The van der Waals surface area contributed by atoms with Crippen LogP contribution in [0.3, 0.4) is 0 Å². The summed E-state index contributed by atoms with van der Waals surface area (Å²) in [5.74, 6) is 0. The van der Waals surface area contributed by atoms with Crippen molar-refractivity contribution >= 4 is 17.0 Å². The molecule has 3 heteroatoms. The molecule has 1 aliphatic rings. The summed E-state index contributed by atoms with van der Waals surface area (Å²) in [5, 5.41) is 0. The number of hydrogen-bond donors (Lipinski definition) is 1. The maximum absolute atomic E-state index is 4.85. The summed E-state index contributed by atoms with van der Waals surface area (Å²) in [5.41, 5.74) is 14.5. The van der Waals surface area contributed by atoms with Crippen LogP contribution in [0.1, 0.15) is 124 Å². The van der Waals surface area contributed by atoms with Crippen LogP contribution >= 0.6 is 0 Å². The quantitative estimate of drug-likeness (QED) is 0.137. The third-order valence-electron chi connectivity index (χ3n) is 6.97. The predicted octanol–water partition coefficient (Wildman–Crippen LogP) is 11.8. The van der Waals surface area contributed by atoms with Gasteiger partial charge >= 0.3 is 0 Å². The van der Waals surface area contributed by atoms with Gasteiger partial charge in [0.2, 0.25) is 0 Å². The van der Waals surface area contributed by atoms with Crippen LogP contribution in [0, 0.1) is 0 Å². The average Bonchev–Trinajstić information content (AvgIpc) is 3.00. The first-order valence-electron chi connectivity index (χ1n) is 16.0. The highest BCUT2D eigenvalue weighted by molar-refractivity contribution is 5.90. The SMILES string of the molecule is C=C/C(C)=C(\N=C(C)C)c1ccccc1/C(C)=C(\CC)N1C=CC(C=CCC)=CC1=C.CCCCCCCCC.CN. The van der Waals surface area contributed by atoms with Gasteiger partial charge in [-0.05, 0) is 82.0 Å². The van der Waals surface area contributed by atoms with Crippen molar-refractivity contribution in [2.75, 3.05) is 7.05 Å². The molecule has 0 atom stereocenters. The molecule has 0 saturated carbocycles. The van der Waals surface area contributed by atoms with E-state index in [4.69, 9.17) is 4.99 Å². The van der Waals surface area contributed by atoms with Gasteiger partial charge in [-0.2, -0.15) is 0 Å². The van der Waals surface area contributed by atoms with Crippen molar-refractivity contribution in [3.05, 3.63) is 108 Å². The molecule has 0 amide bonds. The zero-order valence-electron chi connectivity index (χ0n) is 28.5. The van der Waals surface area contributed by atoms with Gasteiger partial charge in [-0.3, -0.25) is 4.99 Å². The molecule has 2 N–H and O–H groups in total. The van der Waals surface area contributed by atoms with E-state index in [1.54, 1.807) is 0 Å². The Morgan fingerprint density at radius 2 is 1.45 bits per heavy atom. The van der Waals surface area contributed by atoms with E-state index in [-0.39, 0.29) is 0 Å². The van der Waals surface area contributed by atoms with E-state index in [9.17, 15) is 0 Å². The fourth-order valence-electron chi connectivity index (χ4n) is 4.69. The Morgan fingerprint density at radius 3 is 1.93 bits per heavy atom. The molecule has 0 fully saturated rings. The number of nitrogens with two attached hydrogens (primary N) is 1. The van der Waals surface area contributed by atoms with Crippen molar-refractivity contribution in [3.63, 3.8) is 0 Å². The van der Waals surface area contributed by atoms with E-state index in [1.165, 1.54) is 74.4 Å². The van der Waals surface area contributed by atoms with Crippen LogP contribution in [-0.4, -0.2) is 17.7 Å². The topological polar surface area (TPSA) is 41.6 Å². The number of unbranched alkanes of at least 4 members (excludes halogenated alkanes) is 6. The summed E-state index contributed by atoms with van der Waals surface area (Å²) in [6, 6.07) is 8.49. The van der Waals surface area contributed by atoms with E-state index in [1.807, 2.05) is 19.9 Å². The van der Waals surface area contributed by atoms with Crippen molar-refractivity contribution in [2.24, 2.45) is 10.7 Å². The lowest BCUT2D eigenvalue weighted by molar-refractivity contribution is 0.568. The minimum absolute atomic E-state index is 0.896. The van der Waals surface area contributed by atoms with Gasteiger partial charge in [0.15, 0.2) is 0 Å². The Hall–Kier alpha value is -3.17. The van der Waals surface area contributed by atoms with Crippen LogP contribution in [0.4, 0.5) is 0 Å². The van der Waals surface area contributed by atoms with E-state index >= 15 is 0 Å². The Kier molecular flexibility index (Phi) is 21.6. The molecule has 0 bridgehead atoms. The van der Waals surface area contributed by atoms with Gasteiger partial charge in [0.25, 0.3) is 0 Å². The number of hydrogen-bond acceptors (Lipinski definition) is 3. The Morgan fingerprint density at radius 1 is 0.881 bits per heavy atom. The molecule has 0 saturated heterocycles. The average molecular weight is 572 g/mol. The summed E-state index contributed by atoms with van der Waals surface area (Å²) < 4.78 is 0. The lowest BCUT2D eigenvalue weighted by atomic mass is 9.94.